The molecule has 1 aliphatic heterocycles. The summed E-state index contributed by atoms with van der Waals surface area (Å²) in [5.74, 6) is -0.424. The lowest BCUT2D eigenvalue weighted by Crippen LogP contribution is -2.50. The zero-order valence-electron chi connectivity index (χ0n) is 12.5. The molecule has 2 heterocycles. The number of nitrogens with zero attached hydrogens (tertiary/aromatic N) is 2. The van der Waals surface area contributed by atoms with Crippen molar-refractivity contribution in [2.24, 2.45) is 7.05 Å². The van der Waals surface area contributed by atoms with Crippen LogP contribution in [0.15, 0.2) is 6.20 Å². The van der Waals surface area contributed by atoms with Gasteiger partial charge in [0, 0.05) is 37.2 Å². The van der Waals surface area contributed by atoms with E-state index in [0.29, 0.717) is 19.4 Å². The SMILES string of the molecule is Cn1cc(CNC2CCC(=O)NC2=O)c(C(C)(C)C)n1. The summed E-state index contributed by atoms with van der Waals surface area (Å²) in [6.45, 7) is 6.92. The van der Waals surface area contributed by atoms with Crippen molar-refractivity contribution in [3.8, 4) is 0 Å². The molecule has 20 heavy (non-hydrogen) atoms. The first-order valence-corrected chi connectivity index (χ1v) is 6.87. The number of rotatable bonds is 3. The summed E-state index contributed by atoms with van der Waals surface area (Å²) in [4.78, 5) is 22.8. The van der Waals surface area contributed by atoms with Gasteiger partial charge in [0.1, 0.15) is 0 Å². The molecule has 110 valence electrons. The molecule has 0 radical (unpaired) electrons. The third-order valence-corrected chi connectivity index (χ3v) is 3.39. The Bertz CT molecular complexity index is 528. The minimum absolute atomic E-state index is 0.0386. The minimum atomic E-state index is -0.305. The van der Waals surface area contributed by atoms with E-state index in [9.17, 15) is 9.59 Å². The van der Waals surface area contributed by atoms with Crippen LogP contribution in [0.4, 0.5) is 0 Å². The molecule has 1 saturated heterocycles. The summed E-state index contributed by atoms with van der Waals surface area (Å²) in [6, 6.07) is -0.305. The highest BCUT2D eigenvalue weighted by molar-refractivity contribution is 6.00. The van der Waals surface area contributed by atoms with Gasteiger partial charge in [0.15, 0.2) is 0 Å². The van der Waals surface area contributed by atoms with E-state index in [2.05, 4.69) is 36.5 Å². The first kappa shape index (κ1) is 14.7. The van der Waals surface area contributed by atoms with Gasteiger partial charge in [-0.1, -0.05) is 20.8 Å². The van der Waals surface area contributed by atoms with E-state index in [0.717, 1.165) is 11.3 Å². The predicted octanol–water partition coefficient (Wildman–Crippen LogP) is 0.612. The average molecular weight is 278 g/mol. The lowest BCUT2D eigenvalue weighted by Gasteiger charge is -2.23. The maximum atomic E-state index is 11.7. The van der Waals surface area contributed by atoms with Gasteiger partial charge in [-0.25, -0.2) is 0 Å². The molecule has 0 aromatic carbocycles. The lowest BCUT2D eigenvalue weighted by molar-refractivity contribution is -0.134. The van der Waals surface area contributed by atoms with Crippen LogP contribution in [0, 0.1) is 0 Å². The smallest absolute Gasteiger partial charge is 0.243 e. The van der Waals surface area contributed by atoms with Gasteiger partial charge in [-0.05, 0) is 6.42 Å². The van der Waals surface area contributed by atoms with E-state index in [4.69, 9.17) is 0 Å². The Morgan fingerprint density at radius 2 is 2.15 bits per heavy atom. The number of amides is 2. The zero-order valence-corrected chi connectivity index (χ0v) is 12.5. The van der Waals surface area contributed by atoms with Crippen LogP contribution < -0.4 is 10.6 Å². The van der Waals surface area contributed by atoms with E-state index in [1.807, 2.05) is 13.2 Å². The predicted molar refractivity (Wildman–Crippen MR) is 74.9 cm³/mol. The van der Waals surface area contributed by atoms with Crippen LogP contribution in [0.2, 0.25) is 0 Å². The number of nitrogens with one attached hydrogen (secondary N) is 2. The van der Waals surface area contributed by atoms with E-state index >= 15 is 0 Å². The van der Waals surface area contributed by atoms with Crippen molar-refractivity contribution in [2.45, 2.75) is 51.6 Å². The third kappa shape index (κ3) is 3.25. The van der Waals surface area contributed by atoms with Crippen LogP contribution >= 0.6 is 0 Å². The molecule has 2 amide bonds. The first-order valence-electron chi connectivity index (χ1n) is 6.87. The Morgan fingerprint density at radius 1 is 1.45 bits per heavy atom. The van der Waals surface area contributed by atoms with E-state index in [1.165, 1.54) is 0 Å². The highest BCUT2D eigenvalue weighted by Crippen LogP contribution is 2.24. The van der Waals surface area contributed by atoms with Gasteiger partial charge in [0.2, 0.25) is 11.8 Å². The number of aromatic nitrogens is 2. The molecule has 1 fully saturated rings. The number of carbonyl (C=O) groups is 2. The van der Waals surface area contributed by atoms with Gasteiger partial charge in [0.25, 0.3) is 0 Å². The largest absolute Gasteiger partial charge is 0.302 e. The molecule has 1 aromatic rings. The van der Waals surface area contributed by atoms with Gasteiger partial charge in [-0.15, -0.1) is 0 Å². The minimum Gasteiger partial charge on any atom is -0.302 e. The highest BCUT2D eigenvalue weighted by Gasteiger charge is 2.27. The molecule has 2 N–H and O–H groups in total. The van der Waals surface area contributed by atoms with Crippen LogP contribution in [0.25, 0.3) is 0 Å². The van der Waals surface area contributed by atoms with Crippen molar-refractivity contribution in [1.29, 1.82) is 0 Å². The second-order valence-corrected chi connectivity index (χ2v) is 6.31. The van der Waals surface area contributed by atoms with Crippen molar-refractivity contribution < 1.29 is 9.59 Å². The Labute approximate surface area is 118 Å². The maximum absolute atomic E-state index is 11.7. The van der Waals surface area contributed by atoms with E-state index < -0.39 is 0 Å². The van der Waals surface area contributed by atoms with Crippen molar-refractivity contribution in [1.82, 2.24) is 20.4 Å². The number of imide groups is 1. The molecule has 0 aliphatic carbocycles. The molecule has 1 atom stereocenters. The number of aryl methyl sites for hydroxylation is 1. The summed E-state index contributed by atoms with van der Waals surface area (Å²) >= 11 is 0. The van der Waals surface area contributed by atoms with Gasteiger partial charge in [0.05, 0.1) is 11.7 Å². The van der Waals surface area contributed by atoms with Crippen molar-refractivity contribution in [3.63, 3.8) is 0 Å². The summed E-state index contributed by atoms with van der Waals surface area (Å²) in [5.41, 5.74) is 2.08. The van der Waals surface area contributed by atoms with Crippen LogP contribution in [0.3, 0.4) is 0 Å². The fourth-order valence-electron chi connectivity index (χ4n) is 2.42. The standard InChI is InChI=1S/C14H22N4O2/c1-14(2,3)12-9(8-18(4)17-12)7-15-10-5-6-11(19)16-13(10)20/h8,10,15H,5-7H2,1-4H3,(H,16,19,20). The van der Waals surface area contributed by atoms with Crippen LogP contribution in [0.1, 0.15) is 44.9 Å². The molecular formula is C14H22N4O2. The molecule has 6 heteroatoms. The molecule has 1 unspecified atom stereocenters. The summed E-state index contributed by atoms with van der Waals surface area (Å²) in [7, 11) is 1.89. The second kappa shape index (κ2) is 5.36. The fraction of sp³-hybridized carbons (Fsp3) is 0.643. The molecule has 0 saturated carbocycles. The molecule has 0 bridgehead atoms. The number of piperidine rings is 1. The monoisotopic (exact) mass is 278 g/mol. The highest BCUT2D eigenvalue weighted by atomic mass is 16.2. The Hall–Kier alpha value is -1.69. The Kier molecular flexibility index (Phi) is 3.94. The first-order chi connectivity index (χ1) is 9.27. The molecule has 6 nitrogen and oxygen atoms in total. The van der Waals surface area contributed by atoms with Crippen LogP contribution in [-0.4, -0.2) is 27.6 Å². The molecule has 1 aliphatic rings. The topological polar surface area (TPSA) is 76.0 Å². The van der Waals surface area contributed by atoms with Crippen LogP contribution in [-0.2, 0) is 28.6 Å². The lowest BCUT2D eigenvalue weighted by atomic mass is 9.89. The van der Waals surface area contributed by atoms with Gasteiger partial charge < -0.3 is 5.32 Å². The van der Waals surface area contributed by atoms with Crippen LogP contribution in [0.5, 0.6) is 0 Å². The van der Waals surface area contributed by atoms with Gasteiger partial charge in [-0.2, -0.15) is 5.10 Å². The molecular weight excluding hydrogens is 256 g/mol. The summed E-state index contributed by atoms with van der Waals surface area (Å²) in [5, 5.41) is 10.1. The van der Waals surface area contributed by atoms with E-state index in [-0.39, 0.29) is 23.3 Å². The summed E-state index contributed by atoms with van der Waals surface area (Å²) in [6.07, 6.45) is 2.91. The third-order valence-electron chi connectivity index (χ3n) is 3.39. The van der Waals surface area contributed by atoms with Crippen molar-refractivity contribution in [3.05, 3.63) is 17.5 Å². The number of hydrogen-bond acceptors (Lipinski definition) is 4. The molecule has 0 spiro atoms. The van der Waals surface area contributed by atoms with E-state index in [1.54, 1.807) is 4.68 Å². The Morgan fingerprint density at radius 3 is 2.75 bits per heavy atom. The van der Waals surface area contributed by atoms with Gasteiger partial charge >= 0.3 is 0 Å². The van der Waals surface area contributed by atoms with Crippen molar-refractivity contribution >= 4 is 11.8 Å². The molecule has 2 rings (SSSR count). The second-order valence-electron chi connectivity index (χ2n) is 6.31. The maximum Gasteiger partial charge on any atom is 0.243 e. The zero-order chi connectivity index (χ0) is 14.9. The summed E-state index contributed by atoms with van der Waals surface area (Å²) < 4.78 is 1.79. The number of carbonyl (C=O) groups excluding carboxylic acids is 2. The van der Waals surface area contributed by atoms with Crippen molar-refractivity contribution in [2.75, 3.05) is 0 Å². The number of hydrogen-bond donors (Lipinski definition) is 2. The fourth-order valence-corrected chi connectivity index (χ4v) is 2.42. The van der Waals surface area contributed by atoms with Gasteiger partial charge in [-0.3, -0.25) is 19.6 Å². The quantitative estimate of drug-likeness (QED) is 0.794. The normalized spacial score (nSPS) is 20.1. The molecule has 1 aromatic heterocycles. The average Bonchev–Trinajstić information content (AvgIpc) is 2.69. The Balaban J connectivity index is 2.04.